The average Bonchev–Trinajstić information content (AvgIpc) is 3.51. The summed E-state index contributed by atoms with van der Waals surface area (Å²) in [5.41, 5.74) is 0.580. The second-order valence-corrected chi connectivity index (χ2v) is 11.5. The SMILES string of the molecule is COc1cccc(-c2nnc(CS(=O)(=O)[C@@H](C)[C@H](OC)c3ncc(Cl)cn3)n2CC2CCCC2)n1. The van der Waals surface area contributed by atoms with Crippen molar-refractivity contribution >= 4 is 21.4 Å². The Bertz CT molecular complexity index is 1250. The van der Waals surface area contributed by atoms with Gasteiger partial charge in [-0.15, -0.1) is 10.2 Å². The molecule has 1 aliphatic carbocycles. The summed E-state index contributed by atoms with van der Waals surface area (Å²) in [6, 6.07) is 5.39. The van der Waals surface area contributed by atoms with E-state index in [0.717, 1.165) is 12.8 Å². The van der Waals surface area contributed by atoms with E-state index in [1.54, 1.807) is 20.1 Å². The van der Waals surface area contributed by atoms with E-state index in [1.807, 2.05) is 16.7 Å². The van der Waals surface area contributed by atoms with Crippen molar-refractivity contribution in [3.63, 3.8) is 0 Å². The highest BCUT2D eigenvalue weighted by molar-refractivity contribution is 7.91. The first-order valence-electron chi connectivity index (χ1n) is 11.5. The Morgan fingerprint density at radius 2 is 1.86 bits per heavy atom. The number of methoxy groups -OCH3 is 2. The molecular weight excluding hydrogens is 492 g/mol. The first kappa shape index (κ1) is 25.5. The van der Waals surface area contributed by atoms with Crippen molar-refractivity contribution in [2.45, 2.75) is 56.3 Å². The number of halogens is 1. The first-order valence-corrected chi connectivity index (χ1v) is 13.6. The van der Waals surface area contributed by atoms with Gasteiger partial charge in [-0.05, 0) is 31.7 Å². The number of rotatable bonds is 10. The normalized spacial score (nSPS) is 16.3. The minimum Gasteiger partial charge on any atom is -0.481 e. The molecule has 0 bridgehead atoms. The molecule has 1 fully saturated rings. The van der Waals surface area contributed by atoms with E-state index in [1.165, 1.54) is 32.3 Å². The van der Waals surface area contributed by atoms with Crippen molar-refractivity contribution in [3.8, 4) is 17.4 Å². The highest BCUT2D eigenvalue weighted by atomic mass is 35.5. The highest BCUT2D eigenvalue weighted by Crippen LogP contribution is 2.30. The van der Waals surface area contributed by atoms with Crippen LogP contribution in [-0.4, -0.2) is 57.6 Å². The number of hydrogen-bond donors (Lipinski definition) is 0. The zero-order chi connectivity index (χ0) is 25.0. The van der Waals surface area contributed by atoms with E-state index < -0.39 is 21.2 Å². The second-order valence-electron chi connectivity index (χ2n) is 8.69. The zero-order valence-electron chi connectivity index (χ0n) is 20.0. The molecule has 35 heavy (non-hydrogen) atoms. The lowest BCUT2D eigenvalue weighted by molar-refractivity contribution is 0.0948. The van der Waals surface area contributed by atoms with Crippen LogP contribution in [0.3, 0.4) is 0 Å². The van der Waals surface area contributed by atoms with Gasteiger partial charge in [0.15, 0.2) is 21.5 Å². The fourth-order valence-electron chi connectivity index (χ4n) is 4.40. The highest BCUT2D eigenvalue weighted by Gasteiger charge is 2.35. The molecule has 4 rings (SSSR count). The van der Waals surface area contributed by atoms with Gasteiger partial charge in [0.2, 0.25) is 5.88 Å². The van der Waals surface area contributed by atoms with Crippen molar-refractivity contribution in [1.29, 1.82) is 0 Å². The third-order valence-electron chi connectivity index (χ3n) is 6.38. The predicted molar refractivity (Wildman–Crippen MR) is 131 cm³/mol. The monoisotopic (exact) mass is 520 g/mol. The van der Waals surface area contributed by atoms with E-state index in [9.17, 15) is 8.42 Å². The van der Waals surface area contributed by atoms with E-state index in [2.05, 4.69) is 25.1 Å². The third kappa shape index (κ3) is 5.79. The Morgan fingerprint density at radius 1 is 1.14 bits per heavy atom. The molecule has 0 aromatic carbocycles. The van der Waals surface area contributed by atoms with Gasteiger partial charge < -0.3 is 14.0 Å². The molecule has 3 aromatic heterocycles. The first-order chi connectivity index (χ1) is 16.8. The van der Waals surface area contributed by atoms with Gasteiger partial charge in [0.25, 0.3) is 0 Å². The fourth-order valence-corrected chi connectivity index (χ4v) is 5.95. The summed E-state index contributed by atoms with van der Waals surface area (Å²) < 4.78 is 39.6. The number of ether oxygens (including phenoxy) is 2. The van der Waals surface area contributed by atoms with Crippen molar-refractivity contribution < 1.29 is 17.9 Å². The Balaban J connectivity index is 1.66. The second kappa shape index (κ2) is 11.0. The molecule has 3 heterocycles. The van der Waals surface area contributed by atoms with Gasteiger partial charge in [0.1, 0.15) is 23.4 Å². The van der Waals surface area contributed by atoms with Crippen LogP contribution in [0.5, 0.6) is 5.88 Å². The molecule has 12 heteroatoms. The third-order valence-corrected chi connectivity index (χ3v) is 8.61. The van der Waals surface area contributed by atoms with Crippen molar-refractivity contribution in [2.75, 3.05) is 14.2 Å². The Hall–Kier alpha value is -2.63. The summed E-state index contributed by atoms with van der Waals surface area (Å²) in [5.74, 6) is 1.73. The molecule has 0 spiro atoms. The van der Waals surface area contributed by atoms with Gasteiger partial charge in [-0.1, -0.05) is 30.5 Å². The number of sulfone groups is 1. The van der Waals surface area contributed by atoms with Crippen molar-refractivity contribution in [3.05, 3.63) is 47.3 Å². The van der Waals surface area contributed by atoms with E-state index in [4.69, 9.17) is 21.1 Å². The number of pyridine rings is 1. The number of nitrogens with zero attached hydrogens (tertiary/aromatic N) is 6. The summed E-state index contributed by atoms with van der Waals surface area (Å²) in [4.78, 5) is 12.8. The minimum atomic E-state index is -3.73. The van der Waals surface area contributed by atoms with Crippen LogP contribution in [0, 0.1) is 5.92 Å². The van der Waals surface area contributed by atoms with Gasteiger partial charge in [-0.2, -0.15) is 0 Å². The molecule has 0 radical (unpaired) electrons. The average molecular weight is 521 g/mol. The maximum absolute atomic E-state index is 13.5. The summed E-state index contributed by atoms with van der Waals surface area (Å²) >= 11 is 5.88. The van der Waals surface area contributed by atoms with E-state index in [-0.39, 0.29) is 11.6 Å². The Labute approximate surface area is 210 Å². The van der Waals surface area contributed by atoms with Crippen molar-refractivity contribution in [1.82, 2.24) is 29.7 Å². The lowest BCUT2D eigenvalue weighted by Gasteiger charge is -2.22. The van der Waals surface area contributed by atoms with Crippen LogP contribution in [0.1, 0.15) is 50.4 Å². The van der Waals surface area contributed by atoms with Gasteiger partial charge in [0, 0.05) is 32.1 Å². The molecule has 2 atom stereocenters. The predicted octanol–water partition coefficient (Wildman–Crippen LogP) is 3.67. The molecule has 0 amide bonds. The van der Waals surface area contributed by atoms with Crippen molar-refractivity contribution in [2.24, 2.45) is 5.92 Å². The smallest absolute Gasteiger partial charge is 0.213 e. The zero-order valence-corrected chi connectivity index (χ0v) is 21.5. The number of aromatic nitrogens is 6. The fraction of sp³-hybridized carbons (Fsp3) is 0.522. The largest absolute Gasteiger partial charge is 0.481 e. The molecule has 3 aromatic rings. The summed E-state index contributed by atoms with van der Waals surface area (Å²) in [5, 5.41) is 8.06. The molecule has 188 valence electrons. The van der Waals surface area contributed by atoms with Crippen LogP contribution >= 0.6 is 11.6 Å². The molecule has 10 nitrogen and oxygen atoms in total. The summed E-state index contributed by atoms with van der Waals surface area (Å²) in [6.07, 6.45) is 6.49. The molecular formula is C23H29ClN6O4S. The lowest BCUT2D eigenvalue weighted by Crippen LogP contribution is -2.30. The minimum absolute atomic E-state index is 0.252. The van der Waals surface area contributed by atoms with Gasteiger partial charge in [0.05, 0.1) is 17.4 Å². The number of hydrogen-bond acceptors (Lipinski definition) is 9. The molecule has 0 saturated heterocycles. The molecule has 0 N–H and O–H groups in total. The summed E-state index contributed by atoms with van der Waals surface area (Å²) in [7, 11) is -0.746. The molecule has 0 aliphatic heterocycles. The lowest BCUT2D eigenvalue weighted by atomic mass is 10.1. The van der Waals surface area contributed by atoms with E-state index >= 15 is 0 Å². The van der Waals surface area contributed by atoms with Crippen LogP contribution in [0.2, 0.25) is 5.02 Å². The molecule has 1 saturated carbocycles. The molecule has 1 aliphatic rings. The topological polar surface area (TPSA) is 122 Å². The quantitative estimate of drug-likeness (QED) is 0.394. The maximum Gasteiger partial charge on any atom is 0.213 e. The Kier molecular flexibility index (Phi) is 7.98. The standard InChI is InChI=1S/C23H29ClN6O4S/c1-15(21(34-3)22-25-11-17(24)12-26-22)35(31,32)14-19-28-29-23(18-9-6-10-20(27-18)33-2)30(19)13-16-7-4-5-8-16/h6,9-12,15-16,21H,4-5,7-8,13-14H2,1-3H3/t15-,21-/m0/s1. The van der Waals surface area contributed by atoms with E-state index in [0.29, 0.717) is 40.7 Å². The van der Waals surface area contributed by atoms with Crippen LogP contribution in [-0.2, 0) is 26.9 Å². The van der Waals surface area contributed by atoms with Crippen LogP contribution in [0.4, 0.5) is 0 Å². The molecule has 0 unspecified atom stereocenters. The summed E-state index contributed by atoms with van der Waals surface area (Å²) in [6.45, 7) is 2.22. The van der Waals surface area contributed by atoms with Gasteiger partial charge >= 0.3 is 0 Å². The van der Waals surface area contributed by atoms with Gasteiger partial charge in [-0.25, -0.2) is 23.4 Å². The van der Waals surface area contributed by atoms with Crippen LogP contribution in [0.25, 0.3) is 11.5 Å². The van der Waals surface area contributed by atoms with Crippen LogP contribution in [0.15, 0.2) is 30.6 Å². The van der Waals surface area contributed by atoms with Gasteiger partial charge in [-0.3, -0.25) is 0 Å². The van der Waals surface area contributed by atoms with Crippen LogP contribution < -0.4 is 4.74 Å². The maximum atomic E-state index is 13.5. The Morgan fingerprint density at radius 3 is 2.51 bits per heavy atom.